The minimum Gasteiger partial charge on any atom is -0.317 e. The average Bonchev–Trinajstić information content (AvgIpc) is 3.48. The summed E-state index contributed by atoms with van der Waals surface area (Å²) in [5.41, 5.74) is 16.3. The summed E-state index contributed by atoms with van der Waals surface area (Å²) in [6.45, 7) is 4.62. The zero-order chi connectivity index (χ0) is 32.7. The van der Waals surface area contributed by atoms with Gasteiger partial charge in [0.15, 0.2) is 0 Å². The Morgan fingerprint density at radius 1 is 0.490 bits per heavy atom. The number of benzene rings is 6. The van der Waals surface area contributed by atoms with Crippen LogP contribution in [-0.2, 0) is 5.41 Å². The van der Waals surface area contributed by atoms with Crippen molar-refractivity contribution in [1.82, 2.24) is 9.55 Å². The van der Waals surface area contributed by atoms with Crippen molar-refractivity contribution >= 4 is 33.2 Å². The molecule has 0 radical (unpaired) electrons. The van der Waals surface area contributed by atoms with Gasteiger partial charge in [-0.2, -0.15) is 0 Å². The summed E-state index contributed by atoms with van der Waals surface area (Å²) in [6.07, 6.45) is 6.49. The molecule has 0 fully saturated rings. The number of rotatable bonds is 2. The summed E-state index contributed by atoms with van der Waals surface area (Å²) in [4.78, 5) is 7.46. The Labute approximate surface area is 286 Å². The first-order valence-electron chi connectivity index (χ1n) is 17.0. The summed E-state index contributed by atoms with van der Waals surface area (Å²) >= 11 is 0. The van der Waals surface area contributed by atoms with E-state index in [0.29, 0.717) is 0 Å². The highest BCUT2D eigenvalue weighted by Crippen LogP contribution is 2.52. The van der Waals surface area contributed by atoms with Crippen molar-refractivity contribution in [2.45, 2.75) is 19.3 Å². The monoisotopic (exact) mass is 627 g/mol. The smallest absolute Gasteiger partial charge is 0.0786 e. The third kappa shape index (κ3) is 4.12. The van der Waals surface area contributed by atoms with Crippen LogP contribution in [0, 0.1) is 0 Å². The summed E-state index contributed by atoms with van der Waals surface area (Å²) in [5, 5.41) is 2.52. The Hall–Kier alpha value is -6.19. The second kappa shape index (κ2) is 10.4. The Bertz CT molecular complexity index is 2590. The van der Waals surface area contributed by atoms with Gasteiger partial charge in [0, 0.05) is 51.1 Å². The normalized spacial score (nSPS) is 14.0. The minimum absolute atomic E-state index is 0.168. The Morgan fingerprint density at radius 2 is 1.10 bits per heavy atom. The van der Waals surface area contributed by atoms with E-state index in [-0.39, 0.29) is 5.41 Å². The van der Waals surface area contributed by atoms with Gasteiger partial charge in [0.1, 0.15) is 0 Å². The number of allylic oxidation sites excluding steroid dienone is 1. The van der Waals surface area contributed by atoms with Crippen LogP contribution in [0.1, 0.15) is 19.4 Å². The summed E-state index contributed by atoms with van der Waals surface area (Å²) < 4.78 is 2.42. The molecule has 0 amide bonds. The summed E-state index contributed by atoms with van der Waals surface area (Å²) in [6, 6.07) is 53.1. The van der Waals surface area contributed by atoms with E-state index >= 15 is 0 Å². The molecular formula is C46H33N3. The van der Waals surface area contributed by atoms with Crippen molar-refractivity contribution in [3.63, 3.8) is 0 Å². The first-order valence-corrected chi connectivity index (χ1v) is 17.0. The molecule has 0 atom stereocenters. The molecule has 0 N–H and O–H groups in total. The number of pyridine rings is 1. The Balaban J connectivity index is 1.33. The van der Waals surface area contributed by atoms with Gasteiger partial charge in [0.2, 0.25) is 0 Å². The fourth-order valence-electron chi connectivity index (χ4n) is 8.09. The molecule has 0 saturated carbocycles. The van der Waals surface area contributed by atoms with Gasteiger partial charge >= 0.3 is 0 Å². The predicted molar refractivity (Wildman–Crippen MR) is 205 cm³/mol. The van der Waals surface area contributed by atoms with Gasteiger partial charge in [0.25, 0.3) is 0 Å². The van der Waals surface area contributed by atoms with Crippen LogP contribution in [0.4, 0.5) is 11.4 Å². The highest BCUT2D eigenvalue weighted by Gasteiger charge is 2.32. The number of hydrogen-bond donors (Lipinski definition) is 0. The second-order valence-electron chi connectivity index (χ2n) is 13.7. The largest absolute Gasteiger partial charge is 0.317 e. The van der Waals surface area contributed by atoms with Gasteiger partial charge < -0.3 is 9.47 Å². The number of fused-ring (bicyclic) bond motifs is 12. The van der Waals surface area contributed by atoms with E-state index in [4.69, 9.17) is 4.98 Å². The lowest BCUT2D eigenvalue weighted by Crippen LogP contribution is -2.25. The lowest BCUT2D eigenvalue weighted by atomic mass is 9.76. The van der Waals surface area contributed by atoms with Crippen molar-refractivity contribution in [3.8, 4) is 50.3 Å². The van der Waals surface area contributed by atoms with Crippen molar-refractivity contribution in [2.24, 2.45) is 0 Å². The van der Waals surface area contributed by atoms with Crippen molar-refractivity contribution < 1.29 is 0 Å². The van der Waals surface area contributed by atoms with E-state index in [2.05, 4.69) is 181 Å². The summed E-state index contributed by atoms with van der Waals surface area (Å²) in [7, 11) is 0. The lowest BCUT2D eigenvalue weighted by molar-refractivity contribution is 0.659. The van der Waals surface area contributed by atoms with Crippen LogP contribution < -0.4 is 4.90 Å². The van der Waals surface area contributed by atoms with Gasteiger partial charge in [-0.15, -0.1) is 0 Å². The van der Waals surface area contributed by atoms with E-state index in [1.165, 1.54) is 60.9 Å². The molecule has 2 aromatic heterocycles. The Morgan fingerprint density at radius 3 is 1.86 bits per heavy atom. The van der Waals surface area contributed by atoms with Crippen molar-refractivity contribution in [3.05, 3.63) is 170 Å². The maximum atomic E-state index is 5.13. The molecule has 3 heteroatoms. The SMILES string of the molecule is CC1(C)C=CN(c2ccccc2)c2cc3c(cc21)-c1ncccc1-c1ccccc1-c1ccc(-n2c4ccccc4c4ccccc42)cc1-3. The molecule has 10 rings (SSSR count). The molecule has 0 saturated heterocycles. The zero-order valence-electron chi connectivity index (χ0n) is 27.4. The lowest BCUT2D eigenvalue weighted by Gasteiger charge is -2.36. The molecule has 49 heavy (non-hydrogen) atoms. The van der Waals surface area contributed by atoms with Crippen LogP contribution >= 0.6 is 0 Å². The van der Waals surface area contributed by atoms with E-state index < -0.39 is 0 Å². The molecule has 3 heterocycles. The van der Waals surface area contributed by atoms with E-state index in [1.54, 1.807) is 0 Å². The molecule has 3 nitrogen and oxygen atoms in total. The quantitative estimate of drug-likeness (QED) is 0.190. The number of anilines is 2. The maximum absolute atomic E-state index is 5.13. The van der Waals surface area contributed by atoms with E-state index in [1.807, 2.05) is 6.20 Å². The molecule has 6 aromatic carbocycles. The van der Waals surface area contributed by atoms with Crippen molar-refractivity contribution in [2.75, 3.05) is 4.90 Å². The van der Waals surface area contributed by atoms with Gasteiger partial charge in [0.05, 0.1) is 22.4 Å². The van der Waals surface area contributed by atoms with Crippen LogP contribution in [0.3, 0.4) is 0 Å². The maximum Gasteiger partial charge on any atom is 0.0786 e. The van der Waals surface area contributed by atoms with Gasteiger partial charge in [-0.1, -0.05) is 111 Å². The number of para-hydroxylation sites is 3. The third-order valence-corrected chi connectivity index (χ3v) is 10.5. The third-order valence-electron chi connectivity index (χ3n) is 10.5. The topological polar surface area (TPSA) is 21.1 Å². The number of hydrogen-bond acceptors (Lipinski definition) is 2. The first kappa shape index (κ1) is 27.9. The highest BCUT2D eigenvalue weighted by molar-refractivity contribution is 6.10. The van der Waals surface area contributed by atoms with E-state index in [0.717, 1.165) is 28.2 Å². The van der Waals surface area contributed by atoms with E-state index in [9.17, 15) is 0 Å². The van der Waals surface area contributed by atoms with Crippen LogP contribution in [-0.4, -0.2) is 9.55 Å². The first-order chi connectivity index (χ1) is 24.1. The fraction of sp³-hybridized carbons (Fsp3) is 0.0652. The highest BCUT2D eigenvalue weighted by atomic mass is 15.1. The summed E-state index contributed by atoms with van der Waals surface area (Å²) in [5.74, 6) is 0. The van der Waals surface area contributed by atoms with Crippen LogP contribution in [0.2, 0.25) is 0 Å². The molecule has 0 spiro atoms. The number of nitrogens with zero attached hydrogens (tertiary/aromatic N) is 3. The second-order valence-corrected chi connectivity index (χ2v) is 13.7. The van der Waals surface area contributed by atoms with Crippen LogP contribution in [0.25, 0.3) is 72.1 Å². The van der Waals surface area contributed by atoms with Crippen LogP contribution in [0.5, 0.6) is 0 Å². The van der Waals surface area contributed by atoms with Gasteiger partial charge in [-0.05, 0) is 88.0 Å². The molecule has 8 aromatic rings. The zero-order valence-corrected chi connectivity index (χ0v) is 27.4. The molecule has 1 aliphatic heterocycles. The van der Waals surface area contributed by atoms with Crippen LogP contribution in [0.15, 0.2) is 164 Å². The molecule has 0 bridgehead atoms. The minimum atomic E-state index is -0.168. The van der Waals surface area contributed by atoms with Gasteiger partial charge in [-0.3, -0.25) is 4.98 Å². The molecule has 232 valence electrons. The fourth-order valence-corrected chi connectivity index (χ4v) is 8.09. The molecular weight excluding hydrogens is 595 g/mol. The Kier molecular flexibility index (Phi) is 5.92. The molecule has 2 aliphatic rings. The predicted octanol–water partition coefficient (Wildman–Crippen LogP) is 12.1. The standard InChI is InChI=1S/C46H33N3/c1-46(2)24-26-48(30-13-4-3-5-14-30)44-29-39-38-27-31(49-42-20-10-8-17-35(42)36-18-9-11-21-43(36)49)22-23-34(38)32-15-6-7-16-33(32)37-19-12-25-47-45(37)40(39)28-41(44)46/h3-29H,1-2H3. The molecule has 1 aliphatic carbocycles. The van der Waals surface area contributed by atoms with Crippen molar-refractivity contribution in [1.29, 1.82) is 0 Å². The van der Waals surface area contributed by atoms with Gasteiger partial charge in [-0.25, -0.2) is 0 Å². The average molecular weight is 628 g/mol. The molecule has 0 unspecified atom stereocenters. The number of aromatic nitrogens is 2.